The first-order chi connectivity index (χ1) is 61.6. The molecular formula is C83H114N20O27. The van der Waals surface area contributed by atoms with Crippen LogP contribution in [0, 0.1) is 5.92 Å². The Morgan fingerprint density at radius 1 is 0.462 bits per heavy atom. The SMILES string of the molecule is CC[C@H](C)[C@H](NC(=O)[C@@H](N)Cc1c[nH]c2ccccc12)C(=O)N[C@@H](CC(=O)O)C(=O)N1CCC[C@H]1C(=O)N[C@@H](CCC(=O)O)C(=O)N[C@@H](CC(N)=O)C(=O)NCC(=O)N[C@@H](CC(=O)O)C(=O)N[C@@H](CO)C(=O)NCC(=O)N[C@@H](Cc1ccc(O)cc1)C(=O)N[C@@H](C)C(=O)N1CCC[C@H]1C(=O)N[C@@H](CCCCN)C(=O)N[C@@H](Cc1ccccc1)C(=O)N[C@@H](CCC(N)=O)C(=O)O. The Hall–Kier alpha value is -14.3. The molecule has 3 heterocycles. The molecule has 1 aromatic heterocycles. The lowest BCUT2D eigenvalue weighted by atomic mass is 9.96. The first-order valence-corrected chi connectivity index (χ1v) is 42.0. The zero-order valence-electron chi connectivity index (χ0n) is 71.7. The van der Waals surface area contributed by atoms with Gasteiger partial charge in [-0.15, -0.1) is 0 Å². The number of rotatable bonds is 54. The minimum Gasteiger partial charge on any atom is -0.508 e. The average Bonchev–Trinajstić information content (AvgIpc) is 1.63. The van der Waals surface area contributed by atoms with E-state index in [0.29, 0.717) is 29.5 Å². The van der Waals surface area contributed by atoms with Crippen molar-refractivity contribution in [2.45, 2.75) is 221 Å². The number of aliphatic hydroxyl groups excluding tert-OH is 1. The predicted octanol–water partition coefficient (Wildman–Crippen LogP) is -7.00. The number of hydrogen-bond acceptors (Lipinski definition) is 25. The van der Waals surface area contributed by atoms with Crippen molar-refractivity contribution in [2.75, 3.05) is 39.3 Å². The third-order valence-electron chi connectivity index (χ3n) is 21.5. The summed E-state index contributed by atoms with van der Waals surface area (Å²) in [5.74, 6) is -25.4. The summed E-state index contributed by atoms with van der Waals surface area (Å²) in [4.78, 5) is 286. The number of carboxylic acids is 4. The van der Waals surface area contributed by atoms with E-state index >= 15 is 0 Å². The van der Waals surface area contributed by atoms with E-state index in [-0.39, 0.29) is 96.0 Å². The number of carbonyl (C=O) groups is 21. The largest absolute Gasteiger partial charge is 0.508 e. The highest BCUT2D eigenvalue weighted by molar-refractivity contribution is 6.02. The van der Waals surface area contributed by atoms with Gasteiger partial charge in [0.15, 0.2) is 0 Å². The molecule has 0 saturated carbocycles. The van der Waals surface area contributed by atoms with Crippen molar-refractivity contribution < 1.29 is 131 Å². The van der Waals surface area contributed by atoms with Crippen molar-refractivity contribution in [3.8, 4) is 5.75 Å². The summed E-state index contributed by atoms with van der Waals surface area (Å²) >= 11 is 0. The number of para-hydroxylation sites is 1. The van der Waals surface area contributed by atoms with E-state index < -0.39 is 267 Å². The Kier molecular flexibility index (Phi) is 41.4. The fraction of sp³-hybridized carbons (Fsp3) is 0.506. The van der Waals surface area contributed by atoms with E-state index in [2.05, 4.69) is 58.2 Å². The second kappa shape index (κ2) is 51.5. The summed E-state index contributed by atoms with van der Waals surface area (Å²) in [7, 11) is 0. The standard InChI is InChI=1S/C83H114N20O27/c1-4-42(2)69(101-70(116)49(85)34-46-38-88-50-17-9-8-16-48(46)50)80(126)99-58(37-68(114)115)82(128)103-31-13-20-61(103)79(125)95-52(26-28-66(110)111)74(120)98-56(35-63(87)107)71(117)89-39-65(109)93-57(36-67(112)113)77(123)100-59(41-104)72(118)90-40-64(108)92-54(33-45-21-23-47(105)24-22-45)75(121)91-43(3)81(127)102-30-12-19-60(102)78(124)94-51(18-10-11-29-84)73(119)97-55(32-44-14-6-5-7-15-44)76(122)96-53(83(129)130)25-27-62(86)106/h5-9,14-17,21-24,38,42-43,49,51-61,69,88,104-105H,4,10-13,18-20,25-37,39-41,84-85H2,1-3H3,(H2,86,106)(H2,87,107)(H,89,117)(H,90,118)(H,91,121)(H,92,108)(H,93,109)(H,94,124)(H,95,125)(H,96,122)(H,97,119)(H,98,120)(H,99,126)(H,100,123)(H,101,116)(H,110,111)(H,112,113)(H,114,115)(H,129,130)/t42-,43-,49-,51-,52-,53-,54-,55-,56-,57-,58-,59-,60-,61-,69-/m0/s1. The number of aromatic amines is 1. The van der Waals surface area contributed by atoms with Crippen LogP contribution in [0.3, 0.4) is 0 Å². The molecule has 47 nitrogen and oxygen atoms in total. The van der Waals surface area contributed by atoms with Crippen LogP contribution >= 0.6 is 0 Å². The molecule has 0 aliphatic carbocycles. The van der Waals surface area contributed by atoms with Crippen LogP contribution in [0.5, 0.6) is 5.75 Å². The van der Waals surface area contributed by atoms with Gasteiger partial charge in [-0.3, -0.25) is 95.9 Å². The monoisotopic (exact) mass is 1820 g/mol. The highest BCUT2D eigenvalue weighted by atomic mass is 16.4. The van der Waals surface area contributed by atoms with Gasteiger partial charge in [0.25, 0.3) is 0 Å². The van der Waals surface area contributed by atoms with Crippen LogP contribution in [0.25, 0.3) is 10.9 Å². The highest BCUT2D eigenvalue weighted by Gasteiger charge is 2.44. The second-order valence-electron chi connectivity index (χ2n) is 31.4. The van der Waals surface area contributed by atoms with Crippen LogP contribution < -0.4 is 92.1 Å². The highest BCUT2D eigenvalue weighted by Crippen LogP contribution is 2.25. The van der Waals surface area contributed by atoms with E-state index in [9.17, 15) is 131 Å². The summed E-state index contributed by atoms with van der Waals surface area (Å²) in [6.45, 7) is 1.13. The molecule has 4 aromatic rings. The van der Waals surface area contributed by atoms with E-state index in [1.165, 1.54) is 31.2 Å². The number of nitrogens with two attached hydrogens (primary N) is 4. The number of aliphatic carboxylic acids is 4. The number of nitrogens with zero attached hydrogens (tertiary/aromatic N) is 2. The number of benzene rings is 3. The molecule has 3 aromatic carbocycles. The fourth-order valence-corrected chi connectivity index (χ4v) is 14.3. The molecule has 0 bridgehead atoms. The van der Waals surface area contributed by atoms with Crippen LogP contribution in [-0.4, -0.2) is 294 Å². The molecule has 15 atom stereocenters. The molecule has 47 heteroatoms. The molecule has 0 radical (unpaired) electrons. The Balaban J connectivity index is 1.05. The summed E-state index contributed by atoms with van der Waals surface area (Å²) in [5, 5.41) is 90.5. The van der Waals surface area contributed by atoms with Gasteiger partial charge in [-0.25, -0.2) is 4.79 Å². The lowest BCUT2D eigenvalue weighted by Gasteiger charge is -2.31. The quantitative estimate of drug-likeness (QED) is 0.0183. The number of carboxylic acid groups (broad SMARTS) is 4. The number of aliphatic hydroxyl groups is 1. The number of hydrogen-bond donors (Lipinski definition) is 24. The minimum atomic E-state index is -2.13. The number of carbonyl (C=O) groups excluding carboxylic acids is 17. The number of nitrogens with one attached hydrogen (secondary N) is 14. The van der Waals surface area contributed by atoms with Gasteiger partial charge in [-0.2, -0.15) is 0 Å². The Bertz CT molecular complexity index is 4750. The van der Waals surface area contributed by atoms with Crippen molar-refractivity contribution in [3.63, 3.8) is 0 Å². The molecule has 708 valence electrons. The van der Waals surface area contributed by atoms with Crippen molar-refractivity contribution in [3.05, 3.63) is 102 Å². The lowest BCUT2D eigenvalue weighted by Crippen LogP contribution is -2.60. The molecule has 6 rings (SSSR count). The first kappa shape index (κ1) is 105. The number of fused-ring (bicyclic) bond motifs is 1. The fourth-order valence-electron chi connectivity index (χ4n) is 14.3. The number of phenols is 1. The van der Waals surface area contributed by atoms with Gasteiger partial charge < -0.3 is 137 Å². The average molecular weight is 1820 g/mol. The second-order valence-corrected chi connectivity index (χ2v) is 31.4. The molecule has 130 heavy (non-hydrogen) atoms. The summed E-state index contributed by atoms with van der Waals surface area (Å²) in [5.41, 5.74) is 25.1. The Morgan fingerprint density at radius 2 is 0.938 bits per heavy atom. The normalized spacial score (nSPS) is 16.4. The van der Waals surface area contributed by atoms with Gasteiger partial charge in [0.1, 0.15) is 84.3 Å². The summed E-state index contributed by atoms with van der Waals surface area (Å²) in [6.07, 6.45) is -3.10. The number of likely N-dealkylation sites (tertiary alicyclic amines) is 2. The van der Waals surface area contributed by atoms with E-state index in [0.717, 1.165) is 20.7 Å². The zero-order valence-corrected chi connectivity index (χ0v) is 71.7. The number of phenolic OH excluding ortho intramolecular Hbond substituents is 1. The van der Waals surface area contributed by atoms with Crippen molar-refractivity contribution in [1.29, 1.82) is 0 Å². The Labute approximate surface area is 744 Å². The molecule has 2 aliphatic rings. The van der Waals surface area contributed by atoms with Gasteiger partial charge >= 0.3 is 23.9 Å². The van der Waals surface area contributed by atoms with Crippen LogP contribution in [0.2, 0.25) is 0 Å². The molecule has 2 aliphatic heterocycles. The van der Waals surface area contributed by atoms with E-state index in [4.69, 9.17) is 22.9 Å². The number of unbranched alkanes of at least 4 members (excludes halogenated alkanes) is 1. The van der Waals surface area contributed by atoms with Gasteiger partial charge in [0.05, 0.1) is 45.0 Å². The maximum absolute atomic E-state index is 14.3. The summed E-state index contributed by atoms with van der Waals surface area (Å²) in [6, 6.07) is -1.70. The van der Waals surface area contributed by atoms with Gasteiger partial charge in [-0.05, 0) is 118 Å². The first-order valence-electron chi connectivity index (χ1n) is 42.0. The molecule has 2 fully saturated rings. The maximum Gasteiger partial charge on any atom is 0.326 e. The van der Waals surface area contributed by atoms with Crippen molar-refractivity contribution in [2.24, 2.45) is 28.9 Å². The molecular weight excluding hydrogens is 1710 g/mol. The Morgan fingerprint density at radius 3 is 1.49 bits per heavy atom. The number of primary amides is 2. The minimum absolute atomic E-state index is 0.0208. The van der Waals surface area contributed by atoms with E-state index in [1.807, 2.05) is 34.1 Å². The number of amides is 17. The van der Waals surface area contributed by atoms with Crippen LogP contribution in [0.4, 0.5) is 0 Å². The molecule has 2 saturated heterocycles. The van der Waals surface area contributed by atoms with Gasteiger partial charge in [-0.1, -0.05) is 80.9 Å². The predicted molar refractivity (Wildman–Crippen MR) is 455 cm³/mol. The number of aromatic nitrogens is 1. The van der Waals surface area contributed by atoms with Crippen molar-refractivity contribution >= 4 is 135 Å². The van der Waals surface area contributed by atoms with Gasteiger partial charge in [0, 0.05) is 55.9 Å². The zero-order chi connectivity index (χ0) is 96.2. The van der Waals surface area contributed by atoms with Crippen molar-refractivity contribution in [1.82, 2.24) is 83.9 Å². The third kappa shape index (κ3) is 33.2. The van der Waals surface area contributed by atoms with Crippen LogP contribution in [0.1, 0.15) is 134 Å². The molecule has 17 amide bonds. The van der Waals surface area contributed by atoms with Gasteiger partial charge in [0.2, 0.25) is 100 Å². The maximum atomic E-state index is 14.3. The third-order valence-corrected chi connectivity index (χ3v) is 21.5. The van der Waals surface area contributed by atoms with E-state index in [1.54, 1.807) is 56.4 Å². The number of H-pyrrole nitrogens is 1. The van der Waals surface area contributed by atoms with Crippen LogP contribution in [0.15, 0.2) is 85.1 Å². The molecule has 28 N–H and O–H groups in total. The lowest BCUT2D eigenvalue weighted by molar-refractivity contribution is -0.146. The number of aromatic hydroxyl groups is 1. The smallest absolute Gasteiger partial charge is 0.326 e. The van der Waals surface area contributed by atoms with Crippen LogP contribution in [-0.2, 0) is 120 Å². The topological polar surface area (TPSA) is 763 Å². The molecule has 0 spiro atoms. The molecule has 0 unspecified atom stereocenters. The summed E-state index contributed by atoms with van der Waals surface area (Å²) < 4.78 is 0.